The molecular formula is C14H22N4O. The van der Waals surface area contributed by atoms with E-state index in [1.807, 2.05) is 24.3 Å². The maximum atomic E-state index is 11.0. The summed E-state index contributed by atoms with van der Waals surface area (Å²) in [5, 5.41) is 5.80. The molecule has 0 unspecified atom stereocenters. The van der Waals surface area contributed by atoms with Crippen molar-refractivity contribution < 1.29 is 4.79 Å². The average molecular weight is 262 g/mol. The van der Waals surface area contributed by atoms with Gasteiger partial charge < -0.3 is 16.4 Å². The highest BCUT2D eigenvalue weighted by Crippen LogP contribution is 2.11. The van der Waals surface area contributed by atoms with Crippen molar-refractivity contribution in [1.29, 1.82) is 0 Å². The lowest BCUT2D eigenvalue weighted by Gasteiger charge is -2.08. The minimum Gasteiger partial charge on any atom is -0.370 e. The summed E-state index contributed by atoms with van der Waals surface area (Å²) in [6.45, 7) is 7.00. The maximum Gasteiger partial charge on any atom is 0.221 e. The van der Waals surface area contributed by atoms with Crippen molar-refractivity contribution in [2.75, 3.05) is 11.9 Å². The van der Waals surface area contributed by atoms with Gasteiger partial charge in [0, 0.05) is 19.2 Å². The number of nitrogens with zero attached hydrogens (tertiary/aromatic N) is 1. The number of anilines is 1. The van der Waals surface area contributed by atoms with Crippen molar-refractivity contribution in [3.63, 3.8) is 0 Å². The summed E-state index contributed by atoms with van der Waals surface area (Å²) in [7, 11) is 0. The average Bonchev–Trinajstić information content (AvgIpc) is 2.33. The minimum absolute atomic E-state index is 0.0845. The number of carbonyl (C=O) groups excluding carboxylic acids is 1. The third kappa shape index (κ3) is 6.45. The Balaban J connectivity index is 2.57. The van der Waals surface area contributed by atoms with Crippen LogP contribution >= 0.6 is 0 Å². The summed E-state index contributed by atoms with van der Waals surface area (Å²) in [4.78, 5) is 15.2. The molecule has 1 rings (SSSR count). The minimum atomic E-state index is -0.0845. The second-order valence-corrected chi connectivity index (χ2v) is 4.86. The van der Waals surface area contributed by atoms with Crippen LogP contribution in [-0.2, 0) is 11.3 Å². The summed E-state index contributed by atoms with van der Waals surface area (Å²) in [6.07, 6.45) is 0. The predicted octanol–water partition coefficient (Wildman–Crippen LogP) is 1.71. The largest absolute Gasteiger partial charge is 0.370 e. The molecule has 0 fully saturated rings. The van der Waals surface area contributed by atoms with E-state index in [1.54, 1.807) is 0 Å². The molecule has 0 saturated carbocycles. The number of rotatable bonds is 5. The molecule has 5 heteroatoms. The van der Waals surface area contributed by atoms with Crippen LogP contribution in [0.25, 0.3) is 0 Å². The maximum absolute atomic E-state index is 11.0. The number of nitrogens with two attached hydrogens (primary N) is 1. The van der Waals surface area contributed by atoms with Gasteiger partial charge >= 0.3 is 0 Å². The van der Waals surface area contributed by atoms with E-state index in [-0.39, 0.29) is 5.91 Å². The zero-order valence-electron chi connectivity index (χ0n) is 11.7. The van der Waals surface area contributed by atoms with Gasteiger partial charge in [-0.3, -0.25) is 4.79 Å². The number of benzene rings is 1. The van der Waals surface area contributed by atoms with Crippen molar-refractivity contribution in [3.8, 4) is 0 Å². The van der Waals surface area contributed by atoms with Crippen LogP contribution in [0.4, 0.5) is 5.69 Å². The molecule has 0 aliphatic heterocycles. The number of nitrogens with one attached hydrogen (secondary N) is 2. The zero-order valence-corrected chi connectivity index (χ0v) is 11.7. The van der Waals surface area contributed by atoms with E-state index >= 15 is 0 Å². The van der Waals surface area contributed by atoms with Crippen LogP contribution in [0.15, 0.2) is 29.3 Å². The Bertz CT molecular complexity index is 455. The first-order valence-corrected chi connectivity index (χ1v) is 6.37. The fourth-order valence-electron chi connectivity index (χ4n) is 1.49. The molecule has 19 heavy (non-hydrogen) atoms. The molecule has 0 aliphatic rings. The number of hydrogen-bond donors (Lipinski definition) is 3. The first-order chi connectivity index (χ1) is 8.97. The highest BCUT2D eigenvalue weighted by molar-refractivity contribution is 5.88. The zero-order chi connectivity index (χ0) is 14.3. The van der Waals surface area contributed by atoms with E-state index in [4.69, 9.17) is 5.73 Å². The van der Waals surface area contributed by atoms with Gasteiger partial charge in [0.05, 0.1) is 6.54 Å². The quantitative estimate of drug-likeness (QED) is 0.558. The van der Waals surface area contributed by atoms with Crippen molar-refractivity contribution in [3.05, 3.63) is 29.8 Å². The third-order valence-corrected chi connectivity index (χ3v) is 2.37. The monoisotopic (exact) mass is 262 g/mol. The standard InChI is InChI=1S/C14H22N4O/c1-10(2)8-16-14(15)17-9-12-5-4-6-13(7-12)18-11(3)19/h4-7,10H,8-9H2,1-3H3,(H,18,19)(H3,15,16,17). The molecule has 0 bridgehead atoms. The van der Waals surface area contributed by atoms with Gasteiger partial charge in [0.15, 0.2) is 5.96 Å². The molecular weight excluding hydrogens is 240 g/mol. The Morgan fingerprint density at radius 1 is 1.42 bits per heavy atom. The van der Waals surface area contributed by atoms with E-state index in [2.05, 4.69) is 29.5 Å². The molecule has 0 heterocycles. The highest BCUT2D eigenvalue weighted by atomic mass is 16.1. The number of aliphatic imine (C=N–C) groups is 1. The van der Waals surface area contributed by atoms with E-state index in [0.29, 0.717) is 18.4 Å². The molecule has 1 aromatic carbocycles. The topological polar surface area (TPSA) is 79.5 Å². The van der Waals surface area contributed by atoms with Gasteiger partial charge in [-0.1, -0.05) is 26.0 Å². The van der Waals surface area contributed by atoms with Crippen LogP contribution in [0.2, 0.25) is 0 Å². The highest BCUT2D eigenvalue weighted by Gasteiger charge is 1.98. The molecule has 0 aromatic heterocycles. The van der Waals surface area contributed by atoms with E-state index in [0.717, 1.165) is 17.8 Å². The van der Waals surface area contributed by atoms with Crippen LogP contribution < -0.4 is 16.4 Å². The molecule has 0 saturated heterocycles. The fourth-order valence-corrected chi connectivity index (χ4v) is 1.49. The summed E-state index contributed by atoms with van der Waals surface area (Å²) in [6, 6.07) is 7.56. The van der Waals surface area contributed by atoms with Gasteiger partial charge in [0.1, 0.15) is 0 Å². The third-order valence-electron chi connectivity index (χ3n) is 2.37. The summed E-state index contributed by atoms with van der Waals surface area (Å²) >= 11 is 0. The Labute approximate surface area is 114 Å². The van der Waals surface area contributed by atoms with Gasteiger partial charge in [-0.2, -0.15) is 0 Å². The summed E-state index contributed by atoms with van der Waals surface area (Å²) in [5.41, 5.74) is 7.53. The van der Waals surface area contributed by atoms with E-state index in [1.165, 1.54) is 6.92 Å². The number of amides is 1. The van der Waals surface area contributed by atoms with Crippen LogP contribution in [0.1, 0.15) is 26.3 Å². The van der Waals surface area contributed by atoms with E-state index < -0.39 is 0 Å². The molecule has 4 N–H and O–H groups in total. The second kappa shape index (κ2) is 7.41. The van der Waals surface area contributed by atoms with Gasteiger partial charge in [-0.25, -0.2) is 4.99 Å². The van der Waals surface area contributed by atoms with Crippen molar-refractivity contribution in [2.45, 2.75) is 27.3 Å². The lowest BCUT2D eigenvalue weighted by Crippen LogP contribution is -2.34. The predicted molar refractivity (Wildman–Crippen MR) is 78.9 cm³/mol. The van der Waals surface area contributed by atoms with Gasteiger partial charge in [0.2, 0.25) is 5.91 Å². The number of guanidine groups is 1. The molecule has 1 amide bonds. The van der Waals surface area contributed by atoms with Crippen LogP contribution in [0.3, 0.4) is 0 Å². The van der Waals surface area contributed by atoms with Crippen LogP contribution in [0.5, 0.6) is 0 Å². The van der Waals surface area contributed by atoms with E-state index in [9.17, 15) is 4.79 Å². The molecule has 0 atom stereocenters. The smallest absolute Gasteiger partial charge is 0.221 e. The molecule has 1 aromatic rings. The van der Waals surface area contributed by atoms with Gasteiger partial charge in [-0.05, 0) is 23.6 Å². The fraction of sp³-hybridized carbons (Fsp3) is 0.429. The molecule has 5 nitrogen and oxygen atoms in total. The van der Waals surface area contributed by atoms with Gasteiger partial charge in [-0.15, -0.1) is 0 Å². The number of hydrogen-bond acceptors (Lipinski definition) is 2. The van der Waals surface area contributed by atoms with Crippen LogP contribution in [-0.4, -0.2) is 18.4 Å². The van der Waals surface area contributed by atoms with Crippen molar-refractivity contribution in [1.82, 2.24) is 5.32 Å². The van der Waals surface area contributed by atoms with Gasteiger partial charge in [0.25, 0.3) is 0 Å². The Morgan fingerprint density at radius 3 is 2.79 bits per heavy atom. The summed E-state index contributed by atoms with van der Waals surface area (Å²) in [5.74, 6) is 0.884. The first-order valence-electron chi connectivity index (χ1n) is 6.37. The second-order valence-electron chi connectivity index (χ2n) is 4.86. The Hall–Kier alpha value is -2.04. The Morgan fingerprint density at radius 2 is 2.16 bits per heavy atom. The van der Waals surface area contributed by atoms with Crippen molar-refractivity contribution in [2.24, 2.45) is 16.6 Å². The summed E-state index contributed by atoms with van der Waals surface area (Å²) < 4.78 is 0. The molecule has 0 aliphatic carbocycles. The molecule has 0 spiro atoms. The Kier molecular flexibility index (Phi) is 5.85. The number of carbonyl (C=O) groups is 1. The lowest BCUT2D eigenvalue weighted by molar-refractivity contribution is -0.114. The molecule has 0 radical (unpaired) electrons. The first kappa shape index (κ1) is 15.0. The van der Waals surface area contributed by atoms with Crippen molar-refractivity contribution >= 4 is 17.6 Å². The molecule has 104 valence electrons. The SMILES string of the molecule is CC(=O)Nc1cccc(CN=C(N)NCC(C)C)c1. The lowest BCUT2D eigenvalue weighted by atomic mass is 10.2. The normalized spacial score (nSPS) is 11.5. The van der Waals surface area contributed by atoms with Crippen LogP contribution in [0, 0.1) is 5.92 Å².